The first-order valence-corrected chi connectivity index (χ1v) is 7.24. The molecule has 0 saturated carbocycles. The lowest BCUT2D eigenvalue weighted by molar-refractivity contribution is 0.311. The fourth-order valence-corrected chi connectivity index (χ4v) is 2.19. The van der Waals surface area contributed by atoms with E-state index < -0.39 is 0 Å². The van der Waals surface area contributed by atoms with Crippen LogP contribution in [0.3, 0.4) is 0 Å². The topological polar surface area (TPSA) is 40.0 Å². The Morgan fingerprint density at radius 3 is 2.41 bits per heavy atom. The van der Waals surface area contributed by atoms with Crippen LogP contribution >= 0.6 is 11.6 Å². The first-order valence-electron chi connectivity index (χ1n) is 6.86. The largest absolute Gasteiger partial charge is 0.497 e. The van der Waals surface area contributed by atoms with Gasteiger partial charge in [-0.1, -0.05) is 11.6 Å². The number of hydrogen-bond donors (Lipinski definition) is 0. The average Bonchev–Trinajstić information content (AvgIpc) is 2.55. The summed E-state index contributed by atoms with van der Waals surface area (Å²) in [6.07, 6.45) is 1.73. The van der Waals surface area contributed by atoms with Crippen LogP contribution in [0.2, 0.25) is 5.02 Å². The molecular weight excluding hydrogens is 302 g/mol. The van der Waals surface area contributed by atoms with Gasteiger partial charge in [-0.15, -0.1) is 0 Å². The molecule has 0 radical (unpaired) electrons. The Hall–Kier alpha value is -2.20. The van der Waals surface area contributed by atoms with Gasteiger partial charge in [0.1, 0.15) is 5.75 Å². The van der Waals surface area contributed by atoms with Gasteiger partial charge in [0.15, 0.2) is 11.5 Å². The maximum Gasteiger partial charge on any atom is 0.179 e. The number of methoxy groups -OCH3 is 2. The number of ether oxygens (including phenoxy) is 3. The van der Waals surface area contributed by atoms with Crippen molar-refractivity contribution in [2.45, 2.75) is 6.92 Å². The molecule has 0 aromatic heterocycles. The third-order valence-corrected chi connectivity index (χ3v) is 3.26. The summed E-state index contributed by atoms with van der Waals surface area (Å²) >= 11 is 6.23. The van der Waals surface area contributed by atoms with Crippen molar-refractivity contribution < 1.29 is 14.2 Å². The zero-order valence-electron chi connectivity index (χ0n) is 12.8. The number of halogens is 1. The van der Waals surface area contributed by atoms with Crippen molar-refractivity contribution in [1.29, 1.82) is 0 Å². The van der Waals surface area contributed by atoms with Crippen LogP contribution in [0.4, 0.5) is 5.69 Å². The van der Waals surface area contributed by atoms with Gasteiger partial charge in [-0.25, -0.2) is 0 Å². The van der Waals surface area contributed by atoms with E-state index in [0.29, 0.717) is 23.1 Å². The predicted octanol–water partition coefficient (Wildman–Crippen LogP) is 4.51. The highest BCUT2D eigenvalue weighted by molar-refractivity contribution is 6.32. The summed E-state index contributed by atoms with van der Waals surface area (Å²) in [6, 6.07) is 11.1. The smallest absolute Gasteiger partial charge is 0.179 e. The molecule has 5 heteroatoms. The molecule has 22 heavy (non-hydrogen) atoms. The van der Waals surface area contributed by atoms with Gasteiger partial charge in [0.2, 0.25) is 0 Å². The van der Waals surface area contributed by atoms with Crippen LogP contribution in [0, 0.1) is 0 Å². The van der Waals surface area contributed by atoms with Crippen LogP contribution in [0.15, 0.2) is 41.4 Å². The molecular formula is C17H18ClNO3. The van der Waals surface area contributed by atoms with Gasteiger partial charge >= 0.3 is 0 Å². The molecule has 2 rings (SSSR count). The minimum atomic E-state index is 0.498. The summed E-state index contributed by atoms with van der Waals surface area (Å²) in [4.78, 5) is 4.41. The second-order valence-electron chi connectivity index (χ2n) is 4.42. The van der Waals surface area contributed by atoms with Crippen LogP contribution in [-0.2, 0) is 0 Å². The van der Waals surface area contributed by atoms with E-state index in [1.807, 2.05) is 37.3 Å². The van der Waals surface area contributed by atoms with Crippen molar-refractivity contribution >= 4 is 23.5 Å². The molecule has 116 valence electrons. The van der Waals surface area contributed by atoms with E-state index >= 15 is 0 Å². The van der Waals surface area contributed by atoms with Crippen LogP contribution in [0.1, 0.15) is 12.5 Å². The lowest BCUT2D eigenvalue weighted by Gasteiger charge is -2.11. The maximum atomic E-state index is 6.23. The molecule has 0 spiro atoms. The van der Waals surface area contributed by atoms with E-state index in [0.717, 1.165) is 17.0 Å². The van der Waals surface area contributed by atoms with E-state index in [-0.39, 0.29) is 0 Å². The first-order chi connectivity index (χ1) is 10.7. The quantitative estimate of drug-likeness (QED) is 0.736. The van der Waals surface area contributed by atoms with Gasteiger partial charge in [-0.05, 0) is 48.9 Å². The number of hydrogen-bond acceptors (Lipinski definition) is 4. The normalized spacial score (nSPS) is 10.7. The second kappa shape index (κ2) is 7.71. The zero-order chi connectivity index (χ0) is 15.9. The zero-order valence-corrected chi connectivity index (χ0v) is 13.6. The van der Waals surface area contributed by atoms with E-state index in [9.17, 15) is 0 Å². The van der Waals surface area contributed by atoms with Crippen LogP contribution < -0.4 is 14.2 Å². The van der Waals surface area contributed by atoms with E-state index in [2.05, 4.69) is 4.99 Å². The van der Waals surface area contributed by atoms with Gasteiger partial charge in [0.05, 0.1) is 31.5 Å². The Labute approximate surface area is 135 Å². The molecule has 0 aliphatic heterocycles. The van der Waals surface area contributed by atoms with Crippen LogP contribution in [-0.4, -0.2) is 27.0 Å². The van der Waals surface area contributed by atoms with Gasteiger partial charge in [0.25, 0.3) is 0 Å². The molecule has 0 fully saturated rings. The molecule has 0 bridgehead atoms. The Balaban J connectivity index is 2.24. The molecule has 0 unspecified atom stereocenters. The minimum Gasteiger partial charge on any atom is -0.497 e. The molecule has 0 atom stereocenters. The fraction of sp³-hybridized carbons (Fsp3) is 0.235. The molecule has 0 aliphatic rings. The molecule has 0 amide bonds. The molecule has 2 aromatic rings. The summed E-state index contributed by atoms with van der Waals surface area (Å²) < 4.78 is 15.9. The fourth-order valence-electron chi connectivity index (χ4n) is 1.92. The Morgan fingerprint density at radius 1 is 1.09 bits per heavy atom. The second-order valence-corrected chi connectivity index (χ2v) is 4.83. The highest BCUT2D eigenvalue weighted by Gasteiger charge is 2.10. The van der Waals surface area contributed by atoms with Crippen LogP contribution in [0.5, 0.6) is 17.2 Å². The lowest BCUT2D eigenvalue weighted by Crippen LogP contribution is -1.97. The summed E-state index contributed by atoms with van der Waals surface area (Å²) in [5.74, 6) is 1.93. The monoisotopic (exact) mass is 319 g/mol. The third kappa shape index (κ3) is 3.92. The predicted molar refractivity (Wildman–Crippen MR) is 89.4 cm³/mol. The highest BCUT2D eigenvalue weighted by atomic mass is 35.5. The molecule has 2 aromatic carbocycles. The lowest BCUT2D eigenvalue weighted by atomic mass is 10.2. The van der Waals surface area contributed by atoms with Crippen molar-refractivity contribution in [2.24, 2.45) is 4.99 Å². The molecule has 0 aliphatic carbocycles. The Kier molecular flexibility index (Phi) is 5.67. The SMILES string of the molecule is CCOc1c(Cl)cc(C=Nc2ccc(OC)cc2)cc1OC. The van der Waals surface area contributed by atoms with Crippen molar-refractivity contribution in [3.05, 3.63) is 47.0 Å². The van der Waals surface area contributed by atoms with Gasteiger partial charge in [-0.2, -0.15) is 0 Å². The van der Waals surface area contributed by atoms with E-state index in [1.54, 1.807) is 26.5 Å². The minimum absolute atomic E-state index is 0.498. The number of rotatable bonds is 6. The number of aliphatic imine (C=N–C) groups is 1. The highest BCUT2D eigenvalue weighted by Crippen LogP contribution is 2.36. The van der Waals surface area contributed by atoms with E-state index in [1.165, 1.54) is 0 Å². The van der Waals surface area contributed by atoms with Gasteiger partial charge < -0.3 is 14.2 Å². The standard InChI is InChI=1S/C17H18ClNO3/c1-4-22-17-15(18)9-12(10-16(17)21-3)11-19-13-5-7-14(20-2)8-6-13/h5-11H,4H2,1-3H3. The summed E-state index contributed by atoms with van der Waals surface area (Å²) in [5, 5.41) is 0.498. The molecule has 4 nitrogen and oxygen atoms in total. The van der Waals surface area contributed by atoms with Crippen molar-refractivity contribution in [2.75, 3.05) is 20.8 Å². The maximum absolute atomic E-state index is 6.23. The van der Waals surface area contributed by atoms with E-state index in [4.69, 9.17) is 25.8 Å². The summed E-state index contributed by atoms with van der Waals surface area (Å²) in [7, 11) is 3.21. The Morgan fingerprint density at radius 2 is 1.82 bits per heavy atom. The van der Waals surface area contributed by atoms with Gasteiger partial charge in [0, 0.05) is 6.21 Å². The molecule has 0 N–H and O–H groups in total. The van der Waals surface area contributed by atoms with Crippen molar-refractivity contribution in [1.82, 2.24) is 0 Å². The Bertz CT molecular complexity index is 654. The number of nitrogens with zero attached hydrogens (tertiary/aromatic N) is 1. The summed E-state index contributed by atoms with van der Waals surface area (Å²) in [5.41, 5.74) is 1.66. The van der Waals surface area contributed by atoms with Crippen molar-refractivity contribution in [3.63, 3.8) is 0 Å². The molecule has 0 heterocycles. The third-order valence-electron chi connectivity index (χ3n) is 2.98. The first kappa shape index (κ1) is 16.2. The molecule has 0 saturated heterocycles. The number of benzene rings is 2. The van der Waals surface area contributed by atoms with Gasteiger partial charge in [-0.3, -0.25) is 4.99 Å². The average molecular weight is 320 g/mol. The summed E-state index contributed by atoms with van der Waals surface area (Å²) in [6.45, 7) is 2.42. The van der Waals surface area contributed by atoms with Crippen molar-refractivity contribution in [3.8, 4) is 17.2 Å². The van der Waals surface area contributed by atoms with Crippen LogP contribution in [0.25, 0.3) is 0 Å².